The van der Waals surface area contributed by atoms with Gasteiger partial charge in [-0.05, 0) is 31.2 Å². The van der Waals surface area contributed by atoms with E-state index in [2.05, 4.69) is 4.98 Å². The van der Waals surface area contributed by atoms with Crippen molar-refractivity contribution in [3.05, 3.63) is 54.0 Å². The topological polar surface area (TPSA) is 66.0 Å². The normalized spacial score (nSPS) is 10.2. The van der Waals surface area contributed by atoms with Gasteiger partial charge in [0.15, 0.2) is 0 Å². The predicted octanol–water partition coefficient (Wildman–Crippen LogP) is 2.66. The molecule has 0 saturated heterocycles. The van der Waals surface area contributed by atoms with Crippen molar-refractivity contribution in [2.75, 3.05) is 11.4 Å². The maximum absolute atomic E-state index is 13.8. The molecule has 5 heteroatoms. The van der Waals surface area contributed by atoms with Gasteiger partial charge in [-0.25, -0.2) is 9.37 Å². The number of aromatic nitrogens is 1. The number of nitrogens with zero attached hydrogens (tertiary/aromatic N) is 2. The second kappa shape index (κ2) is 5.48. The first-order chi connectivity index (χ1) is 9.13. The molecule has 0 radical (unpaired) electrons. The first kappa shape index (κ1) is 13.0. The Morgan fingerprint density at radius 2 is 2.11 bits per heavy atom. The van der Waals surface area contributed by atoms with Gasteiger partial charge in [0.05, 0.1) is 5.69 Å². The fraction of sp³-hybridized carbons (Fsp3) is 0.143. The fourth-order valence-electron chi connectivity index (χ4n) is 1.86. The van der Waals surface area contributed by atoms with Crippen molar-refractivity contribution in [3.8, 4) is 0 Å². The fourth-order valence-corrected chi connectivity index (χ4v) is 1.86. The van der Waals surface area contributed by atoms with Gasteiger partial charge in [-0.3, -0.25) is 5.41 Å². The predicted molar refractivity (Wildman–Crippen MR) is 74.3 cm³/mol. The monoisotopic (exact) mass is 258 g/mol. The Balaban J connectivity index is 2.45. The van der Waals surface area contributed by atoms with Gasteiger partial charge in [-0.2, -0.15) is 0 Å². The Morgan fingerprint density at radius 1 is 1.37 bits per heavy atom. The number of pyridine rings is 1. The van der Waals surface area contributed by atoms with Crippen molar-refractivity contribution in [1.82, 2.24) is 4.98 Å². The van der Waals surface area contributed by atoms with Crippen molar-refractivity contribution < 1.29 is 4.39 Å². The number of nitrogens with two attached hydrogens (primary N) is 1. The molecule has 0 unspecified atom stereocenters. The van der Waals surface area contributed by atoms with E-state index in [1.807, 2.05) is 6.92 Å². The van der Waals surface area contributed by atoms with Gasteiger partial charge >= 0.3 is 0 Å². The van der Waals surface area contributed by atoms with E-state index in [-0.39, 0.29) is 11.7 Å². The molecule has 98 valence electrons. The van der Waals surface area contributed by atoms with Crippen LogP contribution in [0.15, 0.2) is 42.6 Å². The van der Waals surface area contributed by atoms with E-state index in [4.69, 9.17) is 11.1 Å². The average molecular weight is 258 g/mol. The Labute approximate surface area is 111 Å². The Morgan fingerprint density at radius 3 is 2.74 bits per heavy atom. The molecule has 1 aromatic carbocycles. The minimum absolute atomic E-state index is 0.0340. The van der Waals surface area contributed by atoms with E-state index in [1.54, 1.807) is 41.4 Å². The summed E-state index contributed by atoms with van der Waals surface area (Å²) in [6.07, 6.45) is 1.57. The third-order valence-electron chi connectivity index (χ3n) is 2.79. The summed E-state index contributed by atoms with van der Waals surface area (Å²) in [7, 11) is 0. The molecule has 1 heterocycles. The summed E-state index contributed by atoms with van der Waals surface area (Å²) >= 11 is 0. The summed E-state index contributed by atoms with van der Waals surface area (Å²) in [5.41, 5.74) is 6.48. The molecule has 0 aliphatic rings. The average Bonchev–Trinajstić information content (AvgIpc) is 2.42. The molecule has 2 rings (SSSR count). The largest absolute Gasteiger partial charge is 0.384 e. The molecule has 0 fully saturated rings. The summed E-state index contributed by atoms with van der Waals surface area (Å²) < 4.78 is 13.8. The Bertz CT molecular complexity index is 598. The van der Waals surface area contributed by atoms with Crippen LogP contribution < -0.4 is 10.6 Å². The number of anilines is 2. The molecule has 0 aliphatic heterocycles. The number of benzene rings is 1. The minimum Gasteiger partial charge on any atom is -0.384 e. The highest BCUT2D eigenvalue weighted by atomic mass is 19.1. The molecule has 4 nitrogen and oxygen atoms in total. The maximum Gasteiger partial charge on any atom is 0.146 e. The molecule has 2 aromatic rings. The van der Waals surface area contributed by atoms with Crippen LogP contribution in [0, 0.1) is 11.2 Å². The number of halogens is 1. The molecular weight excluding hydrogens is 243 g/mol. The zero-order valence-corrected chi connectivity index (χ0v) is 10.6. The molecule has 0 spiro atoms. The van der Waals surface area contributed by atoms with Crippen LogP contribution in [0.1, 0.15) is 12.5 Å². The van der Waals surface area contributed by atoms with Crippen LogP contribution in [0.2, 0.25) is 0 Å². The molecule has 3 N–H and O–H groups in total. The van der Waals surface area contributed by atoms with Gasteiger partial charge in [0.2, 0.25) is 0 Å². The van der Waals surface area contributed by atoms with E-state index < -0.39 is 0 Å². The lowest BCUT2D eigenvalue weighted by atomic mass is 10.2. The van der Waals surface area contributed by atoms with E-state index in [9.17, 15) is 4.39 Å². The van der Waals surface area contributed by atoms with Crippen molar-refractivity contribution >= 4 is 17.3 Å². The van der Waals surface area contributed by atoms with E-state index in [1.165, 1.54) is 6.07 Å². The molecule has 0 saturated carbocycles. The van der Waals surface area contributed by atoms with Gasteiger partial charge in [-0.15, -0.1) is 0 Å². The molecule has 0 atom stereocenters. The quantitative estimate of drug-likeness (QED) is 0.654. The Kier molecular flexibility index (Phi) is 3.75. The number of rotatable bonds is 4. The molecule has 0 amide bonds. The van der Waals surface area contributed by atoms with Crippen LogP contribution in [-0.4, -0.2) is 17.4 Å². The number of hydrogen-bond acceptors (Lipinski definition) is 3. The first-order valence-electron chi connectivity index (χ1n) is 5.96. The second-order valence-electron chi connectivity index (χ2n) is 4.01. The van der Waals surface area contributed by atoms with Gasteiger partial charge in [0.1, 0.15) is 17.5 Å². The summed E-state index contributed by atoms with van der Waals surface area (Å²) in [6, 6.07) is 9.86. The third kappa shape index (κ3) is 2.70. The number of para-hydroxylation sites is 1. The molecule has 0 aliphatic carbocycles. The lowest BCUT2D eigenvalue weighted by Gasteiger charge is -2.22. The molecular formula is C14H15FN4. The molecule has 0 bridgehead atoms. The van der Waals surface area contributed by atoms with Gasteiger partial charge in [0.25, 0.3) is 0 Å². The van der Waals surface area contributed by atoms with Crippen molar-refractivity contribution in [2.24, 2.45) is 5.73 Å². The zero-order valence-electron chi connectivity index (χ0n) is 10.6. The lowest BCUT2D eigenvalue weighted by Crippen LogP contribution is -2.20. The second-order valence-corrected chi connectivity index (χ2v) is 4.01. The highest BCUT2D eigenvalue weighted by Crippen LogP contribution is 2.26. The van der Waals surface area contributed by atoms with Crippen molar-refractivity contribution in [2.45, 2.75) is 6.92 Å². The van der Waals surface area contributed by atoms with Crippen molar-refractivity contribution in [3.63, 3.8) is 0 Å². The summed E-state index contributed by atoms with van der Waals surface area (Å²) in [5, 5.41) is 7.43. The number of nitrogens with one attached hydrogen (secondary N) is 1. The summed E-state index contributed by atoms with van der Waals surface area (Å²) in [5.74, 6) is 0.230. The number of hydrogen-bond donors (Lipinski definition) is 2. The minimum atomic E-state index is -0.306. The maximum atomic E-state index is 13.8. The van der Waals surface area contributed by atoms with E-state index in [0.717, 1.165) is 0 Å². The lowest BCUT2D eigenvalue weighted by molar-refractivity contribution is 0.625. The van der Waals surface area contributed by atoms with Gasteiger partial charge < -0.3 is 10.6 Å². The smallest absolute Gasteiger partial charge is 0.146 e. The summed E-state index contributed by atoms with van der Waals surface area (Å²) in [4.78, 5) is 5.96. The number of nitrogen functional groups attached to an aromatic ring is 1. The van der Waals surface area contributed by atoms with Crippen LogP contribution in [0.25, 0.3) is 0 Å². The van der Waals surface area contributed by atoms with Gasteiger partial charge in [-0.1, -0.05) is 12.1 Å². The van der Waals surface area contributed by atoms with E-state index in [0.29, 0.717) is 23.6 Å². The molecule has 1 aromatic heterocycles. The SMILES string of the molecule is CCN(c1cc(C(=N)N)ccn1)c1ccccc1F. The van der Waals surface area contributed by atoms with Crippen LogP contribution >= 0.6 is 0 Å². The van der Waals surface area contributed by atoms with E-state index >= 15 is 0 Å². The van der Waals surface area contributed by atoms with Crippen LogP contribution in [0.5, 0.6) is 0 Å². The zero-order chi connectivity index (χ0) is 13.8. The van der Waals surface area contributed by atoms with Gasteiger partial charge in [0, 0.05) is 18.3 Å². The first-order valence-corrected chi connectivity index (χ1v) is 5.96. The highest BCUT2D eigenvalue weighted by Gasteiger charge is 2.13. The summed E-state index contributed by atoms with van der Waals surface area (Å²) in [6.45, 7) is 2.48. The highest BCUT2D eigenvalue weighted by molar-refractivity contribution is 5.95. The van der Waals surface area contributed by atoms with Crippen molar-refractivity contribution in [1.29, 1.82) is 5.41 Å². The van der Waals surface area contributed by atoms with Crippen LogP contribution in [-0.2, 0) is 0 Å². The standard InChI is InChI=1S/C14H15FN4/c1-2-19(12-6-4-3-5-11(12)15)13-9-10(14(16)17)7-8-18-13/h3-9H,2H2,1H3,(H3,16,17). The van der Waals surface area contributed by atoms with Crippen LogP contribution in [0.4, 0.5) is 15.9 Å². The van der Waals surface area contributed by atoms with Crippen LogP contribution in [0.3, 0.4) is 0 Å². The third-order valence-corrected chi connectivity index (χ3v) is 2.79. The number of amidine groups is 1. The Hall–Kier alpha value is -2.43. The molecule has 19 heavy (non-hydrogen) atoms.